The van der Waals surface area contributed by atoms with Gasteiger partial charge in [-0.1, -0.05) is 29.3 Å². The predicted octanol–water partition coefficient (Wildman–Crippen LogP) is 2.37. The van der Waals surface area contributed by atoms with Gasteiger partial charge in [-0.05, 0) is 17.7 Å². The maximum atomic E-state index is 11.5. The number of carboxylic acids is 1. The molecule has 0 aliphatic heterocycles. The first-order chi connectivity index (χ1) is 8.99. The first-order valence-electron chi connectivity index (χ1n) is 5.23. The number of carbonyl (C=O) groups is 1. The van der Waals surface area contributed by atoms with E-state index in [0.29, 0.717) is 21.4 Å². The lowest BCUT2D eigenvalue weighted by Gasteiger charge is -2.06. The molecule has 7 heteroatoms. The van der Waals surface area contributed by atoms with Crippen LogP contribution in [-0.4, -0.2) is 21.0 Å². The van der Waals surface area contributed by atoms with Gasteiger partial charge >= 0.3 is 5.97 Å². The summed E-state index contributed by atoms with van der Waals surface area (Å²) in [6.45, 7) is 0. The molecule has 0 aliphatic rings. The van der Waals surface area contributed by atoms with Gasteiger partial charge in [-0.2, -0.15) is 0 Å². The van der Waals surface area contributed by atoms with E-state index in [1.165, 1.54) is 0 Å². The fraction of sp³-hybridized carbons (Fsp3) is 0.0833. The van der Waals surface area contributed by atoms with Crippen molar-refractivity contribution in [2.24, 2.45) is 0 Å². The Kier molecular flexibility index (Phi) is 3.87. The van der Waals surface area contributed by atoms with Gasteiger partial charge in [-0.3, -0.25) is 4.79 Å². The number of rotatable bonds is 3. The Balaban J connectivity index is 2.37. The van der Waals surface area contributed by atoms with E-state index in [2.05, 4.69) is 9.97 Å². The average Bonchev–Trinajstić information content (AvgIpc) is 2.33. The summed E-state index contributed by atoms with van der Waals surface area (Å²) in [6, 6.07) is 5.05. The van der Waals surface area contributed by atoms with E-state index < -0.39 is 17.1 Å². The third kappa shape index (κ3) is 2.94. The Bertz CT molecular complexity index is 677. The van der Waals surface area contributed by atoms with Crippen LogP contribution in [0.25, 0.3) is 0 Å². The van der Waals surface area contributed by atoms with Crippen LogP contribution in [0.5, 0.6) is 0 Å². The van der Waals surface area contributed by atoms with Crippen molar-refractivity contribution < 1.29 is 9.90 Å². The Hall–Kier alpha value is -1.85. The Labute approximate surface area is 117 Å². The normalized spacial score (nSPS) is 10.4. The minimum absolute atomic E-state index is 0.216. The van der Waals surface area contributed by atoms with Crippen LogP contribution in [0.2, 0.25) is 10.0 Å². The third-order valence-electron chi connectivity index (χ3n) is 2.49. The predicted molar refractivity (Wildman–Crippen MR) is 71.1 cm³/mol. The van der Waals surface area contributed by atoms with Crippen LogP contribution in [0.15, 0.2) is 29.2 Å². The van der Waals surface area contributed by atoms with Crippen LogP contribution in [0, 0.1) is 0 Å². The van der Waals surface area contributed by atoms with Gasteiger partial charge < -0.3 is 10.1 Å². The van der Waals surface area contributed by atoms with Gasteiger partial charge in [0.2, 0.25) is 0 Å². The number of H-pyrrole nitrogens is 1. The van der Waals surface area contributed by atoms with Crippen molar-refractivity contribution in [2.45, 2.75) is 6.42 Å². The highest BCUT2D eigenvalue weighted by Gasteiger charge is 2.12. The summed E-state index contributed by atoms with van der Waals surface area (Å²) in [5, 5.41) is 9.64. The van der Waals surface area contributed by atoms with Crippen LogP contribution in [-0.2, 0) is 6.42 Å². The summed E-state index contributed by atoms with van der Waals surface area (Å²) in [5.74, 6) is -1.03. The lowest BCUT2D eigenvalue weighted by atomic mass is 10.1. The molecule has 0 saturated carbocycles. The quantitative estimate of drug-likeness (QED) is 0.911. The molecule has 0 bridgehead atoms. The van der Waals surface area contributed by atoms with Crippen molar-refractivity contribution in [3.8, 4) is 0 Å². The maximum Gasteiger partial charge on any atom is 0.342 e. The SMILES string of the molecule is O=C(O)c1cnc(Cc2c(Cl)cccc2Cl)[nH]c1=O. The summed E-state index contributed by atoms with van der Waals surface area (Å²) in [4.78, 5) is 28.5. The number of benzene rings is 1. The fourth-order valence-corrected chi connectivity index (χ4v) is 2.07. The molecule has 0 amide bonds. The zero-order chi connectivity index (χ0) is 14.0. The lowest BCUT2D eigenvalue weighted by molar-refractivity contribution is 0.0694. The number of hydrogen-bond donors (Lipinski definition) is 2. The number of aromatic nitrogens is 2. The molecular formula is C12H8Cl2N2O3. The molecule has 0 unspecified atom stereocenters. The summed E-state index contributed by atoms with van der Waals surface area (Å²) in [7, 11) is 0. The topological polar surface area (TPSA) is 83.0 Å². The Morgan fingerprint density at radius 2 is 1.95 bits per heavy atom. The fourth-order valence-electron chi connectivity index (χ4n) is 1.54. The average molecular weight is 299 g/mol. The van der Waals surface area contributed by atoms with Crippen LogP contribution in [0.3, 0.4) is 0 Å². The van der Waals surface area contributed by atoms with Crippen molar-refractivity contribution in [2.75, 3.05) is 0 Å². The second-order valence-electron chi connectivity index (χ2n) is 3.75. The molecule has 0 atom stereocenters. The van der Waals surface area contributed by atoms with Gasteiger partial charge in [-0.15, -0.1) is 0 Å². The summed E-state index contributed by atoms with van der Waals surface area (Å²) in [6.07, 6.45) is 1.23. The van der Waals surface area contributed by atoms with Gasteiger partial charge in [0.15, 0.2) is 0 Å². The summed E-state index contributed by atoms with van der Waals surface area (Å²) < 4.78 is 0. The van der Waals surface area contributed by atoms with E-state index >= 15 is 0 Å². The monoisotopic (exact) mass is 298 g/mol. The number of carboxylic acid groups (broad SMARTS) is 1. The lowest BCUT2D eigenvalue weighted by Crippen LogP contribution is -2.20. The Morgan fingerprint density at radius 3 is 2.47 bits per heavy atom. The van der Waals surface area contributed by atoms with Gasteiger partial charge in [0.05, 0.1) is 0 Å². The largest absolute Gasteiger partial charge is 0.477 e. The van der Waals surface area contributed by atoms with E-state index in [-0.39, 0.29) is 6.42 Å². The number of aromatic amines is 1. The minimum atomic E-state index is -1.32. The molecule has 1 aromatic heterocycles. The van der Waals surface area contributed by atoms with Crippen LogP contribution >= 0.6 is 23.2 Å². The molecule has 1 heterocycles. The Morgan fingerprint density at radius 1 is 1.32 bits per heavy atom. The molecule has 2 N–H and O–H groups in total. The van der Waals surface area contributed by atoms with Gasteiger partial charge in [0.1, 0.15) is 11.4 Å². The molecule has 5 nitrogen and oxygen atoms in total. The molecule has 0 saturated heterocycles. The second kappa shape index (κ2) is 5.42. The first kappa shape index (κ1) is 13.6. The van der Waals surface area contributed by atoms with Crippen molar-refractivity contribution >= 4 is 29.2 Å². The van der Waals surface area contributed by atoms with Crippen LogP contribution in [0.4, 0.5) is 0 Å². The zero-order valence-electron chi connectivity index (χ0n) is 9.48. The number of halogens is 2. The molecule has 0 aliphatic carbocycles. The van der Waals surface area contributed by atoms with E-state index in [4.69, 9.17) is 28.3 Å². The summed E-state index contributed by atoms with van der Waals surface area (Å²) in [5.41, 5.74) is -0.494. The molecule has 0 spiro atoms. The van der Waals surface area contributed by atoms with E-state index in [0.717, 1.165) is 6.20 Å². The molecule has 2 aromatic rings. The highest BCUT2D eigenvalue weighted by atomic mass is 35.5. The number of nitrogens with zero attached hydrogens (tertiary/aromatic N) is 1. The zero-order valence-corrected chi connectivity index (χ0v) is 11.0. The molecule has 2 rings (SSSR count). The third-order valence-corrected chi connectivity index (χ3v) is 3.20. The molecule has 1 aromatic carbocycles. The number of nitrogens with one attached hydrogen (secondary N) is 1. The van der Waals surface area contributed by atoms with Crippen LogP contribution in [0.1, 0.15) is 21.7 Å². The van der Waals surface area contributed by atoms with Gasteiger partial charge in [0, 0.05) is 22.7 Å². The molecule has 98 valence electrons. The minimum Gasteiger partial charge on any atom is -0.477 e. The van der Waals surface area contributed by atoms with Crippen molar-refractivity contribution in [3.63, 3.8) is 0 Å². The molecular weight excluding hydrogens is 291 g/mol. The smallest absolute Gasteiger partial charge is 0.342 e. The standard InChI is InChI=1S/C12H8Cl2N2O3/c13-8-2-1-3-9(14)6(8)4-10-15-5-7(12(18)19)11(17)16-10/h1-3,5H,4H2,(H,18,19)(H,15,16,17). The molecule has 19 heavy (non-hydrogen) atoms. The van der Waals surface area contributed by atoms with E-state index in [1.807, 2.05) is 0 Å². The molecule has 0 radical (unpaired) electrons. The van der Waals surface area contributed by atoms with Crippen molar-refractivity contribution in [3.05, 3.63) is 61.7 Å². The molecule has 0 fully saturated rings. The van der Waals surface area contributed by atoms with Gasteiger partial charge in [-0.25, -0.2) is 9.78 Å². The van der Waals surface area contributed by atoms with E-state index in [1.54, 1.807) is 18.2 Å². The highest BCUT2D eigenvalue weighted by Crippen LogP contribution is 2.25. The van der Waals surface area contributed by atoms with Crippen LogP contribution < -0.4 is 5.56 Å². The second-order valence-corrected chi connectivity index (χ2v) is 4.57. The maximum absolute atomic E-state index is 11.5. The number of hydrogen-bond acceptors (Lipinski definition) is 3. The highest BCUT2D eigenvalue weighted by molar-refractivity contribution is 6.36. The van der Waals surface area contributed by atoms with Crippen molar-refractivity contribution in [1.82, 2.24) is 9.97 Å². The van der Waals surface area contributed by atoms with Gasteiger partial charge in [0.25, 0.3) is 5.56 Å². The van der Waals surface area contributed by atoms with E-state index in [9.17, 15) is 9.59 Å². The number of aromatic carboxylic acids is 1. The summed E-state index contributed by atoms with van der Waals surface area (Å²) >= 11 is 12.0. The first-order valence-corrected chi connectivity index (χ1v) is 5.99. The van der Waals surface area contributed by atoms with Crippen molar-refractivity contribution in [1.29, 1.82) is 0 Å².